The summed E-state index contributed by atoms with van der Waals surface area (Å²) in [5.41, 5.74) is 1.74. The highest BCUT2D eigenvalue weighted by molar-refractivity contribution is 5.35. The van der Waals surface area contributed by atoms with Crippen molar-refractivity contribution in [3.63, 3.8) is 0 Å². The lowest BCUT2D eigenvalue weighted by molar-refractivity contribution is -0.384. The molecule has 0 aliphatic rings. The first-order valence-corrected chi connectivity index (χ1v) is 6.73. The second-order valence-electron chi connectivity index (χ2n) is 5.02. The Hall–Kier alpha value is -2.27. The van der Waals surface area contributed by atoms with Gasteiger partial charge in [0.05, 0.1) is 4.92 Å². The summed E-state index contributed by atoms with van der Waals surface area (Å²) in [6, 6.07) is 12.8. The maximum atomic E-state index is 13.2. The van der Waals surface area contributed by atoms with Gasteiger partial charge in [-0.25, -0.2) is 4.39 Å². The average Bonchev–Trinajstić information content (AvgIpc) is 2.47. The maximum absolute atomic E-state index is 13.2. The van der Waals surface area contributed by atoms with Crippen molar-refractivity contribution in [2.24, 2.45) is 0 Å². The molecule has 0 aliphatic heterocycles. The van der Waals surface area contributed by atoms with Crippen LogP contribution in [0.2, 0.25) is 0 Å². The van der Waals surface area contributed by atoms with Crippen LogP contribution in [0.4, 0.5) is 10.1 Å². The third kappa shape index (κ3) is 3.86. The van der Waals surface area contributed by atoms with Crippen molar-refractivity contribution < 1.29 is 9.31 Å². The fourth-order valence-electron chi connectivity index (χ4n) is 2.25. The first kappa shape index (κ1) is 15.1. The lowest BCUT2D eigenvalue weighted by Gasteiger charge is -2.20. The van der Waals surface area contributed by atoms with Gasteiger partial charge < -0.3 is 5.32 Å². The molecule has 21 heavy (non-hydrogen) atoms. The number of benzene rings is 2. The van der Waals surface area contributed by atoms with Gasteiger partial charge in [-0.05, 0) is 37.1 Å². The number of hydrogen-bond donors (Lipinski definition) is 1. The molecule has 2 aromatic carbocycles. The molecule has 2 aromatic rings. The average molecular weight is 288 g/mol. The van der Waals surface area contributed by atoms with Gasteiger partial charge in [0.2, 0.25) is 0 Å². The first-order valence-electron chi connectivity index (χ1n) is 6.73. The van der Waals surface area contributed by atoms with E-state index >= 15 is 0 Å². The van der Waals surface area contributed by atoms with Crippen molar-refractivity contribution in [3.05, 3.63) is 75.6 Å². The summed E-state index contributed by atoms with van der Waals surface area (Å²) in [5, 5.41) is 14.1. The number of nitrogens with zero attached hydrogens (tertiary/aromatic N) is 1. The van der Waals surface area contributed by atoms with Gasteiger partial charge in [-0.1, -0.05) is 24.3 Å². The molecular formula is C16H17FN2O2. The second-order valence-corrected chi connectivity index (χ2v) is 5.02. The fourth-order valence-corrected chi connectivity index (χ4v) is 2.25. The van der Waals surface area contributed by atoms with Gasteiger partial charge in [0, 0.05) is 24.2 Å². The van der Waals surface area contributed by atoms with Gasteiger partial charge in [-0.3, -0.25) is 10.1 Å². The summed E-state index contributed by atoms with van der Waals surface area (Å²) in [6.07, 6.45) is 0. The molecule has 0 spiro atoms. The largest absolute Gasteiger partial charge is 0.304 e. The van der Waals surface area contributed by atoms with Crippen LogP contribution in [-0.2, 0) is 0 Å². The molecule has 2 atom stereocenters. The first-order chi connectivity index (χ1) is 9.97. The molecule has 0 aromatic heterocycles. The van der Waals surface area contributed by atoms with Crippen molar-refractivity contribution in [2.45, 2.75) is 25.9 Å². The normalized spacial score (nSPS) is 13.7. The quantitative estimate of drug-likeness (QED) is 0.664. The van der Waals surface area contributed by atoms with Gasteiger partial charge in [-0.2, -0.15) is 0 Å². The molecule has 0 fully saturated rings. The van der Waals surface area contributed by atoms with Gasteiger partial charge in [-0.15, -0.1) is 0 Å². The van der Waals surface area contributed by atoms with E-state index in [1.807, 2.05) is 26.0 Å². The van der Waals surface area contributed by atoms with E-state index < -0.39 is 4.92 Å². The number of nitro benzene ring substituents is 1. The summed E-state index contributed by atoms with van der Waals surface area (Å²) in [4.78, 5) is 10.4. The Balaban J connectivity index is 2.12. The van der Waals surface area contributed by atoms with Crippen molar-refractivity contribution in [1.82, 2.24) is 5.32 Å². The Morgan fingerprint density at radius 1 is 1.05 bits per heavy atom. The third-order valence-corrected chi connectivity index (χ3v) is 3.43. The monoisotopic (exact) mass is 288 g/mol. The highest BCUT2D eigenvalue weighted by Gasteiger charge is 2.14. The van der Waals surface area contributed by atoms with E-state index in [0.717, 1.165) is 11.1 Å². The molecule has 2 rings (SSSR count). The molecular weight excluding hydrogens is 271 g/mol. The molecule has 1 N–H and O–H groups in total. The minimum absolute atomic E-state index is 0.0602. The zero-order valence-corrected chi connectivity index (χ0v) is 11.9. The Morgan fingerprint density at radius 3 is 2.19 bits per heavy atom. The summed E-state index contributed by atoms with van der Waals surface area (Å²) in [7, 11) is 0. The minimum Gasteiger partial charge on any atom is -0.304 e. The summed E-state index contributed by atoms with van der Waals surface area (Å²) < 4.78 is 13.2. The molecule has 0 saturated heterocycles. The second kappa shape index (κ2) is 6.45. The van der Waals surface area contributed by atoms with E-state index in [-0.39, 0.29) is 23.6 Å². The maximum Gasteiger partial charge on any atom is 0.269 e. The van der Waals surface area contributed by atoms with E-state index in [1.165, 1.54) is 18.2 Å². The molecule has 0 bridgehead atoms. The highest BCUT2D eigenvalue weighted by atomic mass is 19.1. The van der Waals surface area contributed by atoms with Crippen LogP contribution in [0, 0.1) is 15.9 Å². The number of halogens is 1. The SMILES string of the molecule is CC(NC(C)c1cccc([N+](=O)[O-])c1)c1cccc(F)c1. The number of nitro groups is 1. The van der Waals surface area contributed by atoms with E-state index in [2.05, 4.69) is 5.32 Å². The molecule has 110 valence electrons. The zero-order valence-electron chi connectivity index (χ0n) is 11.9. The van der Waals surface area contributed by atoms with Crippen LogP contribution in [0.25, 0.3) is 0 Å². The van der Waals surface area contributed by atoms with Crippen molar-refractivity contribution in [2.75, 3.05) is 0 Å². The fraction of sp³-hybridized carbons (Fsp3) is 0.250. The number of rotatable bonds is 5. The van der Waals surface area contributed by atoms with Gasteiger partial charge >= 0.3 is 0 Å². The van der Waals surface area contributed by atoms with Crippen LogP contribution in [-0.4, -0.2) is 4.92 Å². The Kier molecular flexibility index (Phi) is 4.65. The number of hydrogen-bond acceptors (Lipinski definition) is 3. The lowest BCUT2D eigenvalue weighted by atomic mass is 10.0. The Bertz CT molecular complexity index is 646. The van der Waals surface area contributed by atoms with Crippen molar-refractivity contribution in [3.8, 4) is 0 Å². The van der Waals surface area contributed by atoms with Crippen molar-refractivity contribution in [1.29, 1.82) is 0 Å². The summed E-state index contributed by atoms with van der Waals surface area (Å²) in [5.74, 6) is -0.274. The minimum atomic E-state index is -0.410. The smallest absolute Gasteiger partial charge is 0.269 e. The molecule has 0 amide bonds. The Morgan fingerprint density at radius 2 is 1.62 bits per heavy atom. The number of non-ortho nitro benzene ring substituents is 1. The molecule has 0 heterocycles. The Labute approximate surface area is 122 Å². The van der Waals surface area contributed by atoms with E-state index in [0.29, 0.717) is 0 Å². The van der Waals surface area contributed by atoms with Crippen LogP contribution in [0.3, 0.4) is 0 Å². The zero-order chi connectivity index (χ0) is 15.4. The molecule has 5 heteroatoms. The number of nitrogens with one attached hydrogen (secondary N) is 1. The summed E-state index contributed by atoms with van der Waals surface area (Å²) >= 11 is 0. The van der Waals surface area contributed by atoms with Crippen LogP contribution >= 0.6 is 0 Å². The van der Waals surface area contributed by atoms with Crippen LogP contribution in [0.15, 0.2) is 48.5 Å². The van der Waals surface area contributed by atoms with Crippen molar-refractivity contribution >= 4 is 5.69 Å². The molecule has 0 aliphatic carbocycles. The van der Waals surface area contributed by atoms with Gasteiger partial charge in [0.1, 0.15) is 5.82 Å². The predicted molar refractivity (Wildman–Crippen MR) is 79.5 cm³/mol. The van der Waals surface area contributed by atoms with E-state index in [9.17, 15) is 14.5 Å². The lowest BCUT2D eigenvalue weighted by Crippen LogP contribution is -2.22. The summed E-state index contributed by atoms with van der Waals surface area (Å²) in [6.45, 7) is 3.86. The molecule has 0 saturated carbocycles. The third-order valence-electron chi connectivity index (χ3n) is 3.43. The van der Waals surface area contributed by atoms with Crippen LogP contribution in [0.1, 0.15) is 37.1 Å². The van der Waals surface area contributed by atoms with Gasteiger partial charge in [0.25, 0.3) is 5.69 Å². The molecule has 2 unspecified atom stereocenters. The topological polar surface area (TPSA) is 55.2 Å². The van der Waals surface area contributed by atoms with E-state index in [1.54, 1.807) is 18.2 Å². The van der Waals surface area contributed by atoms with E-state index in [4.69, 9.17) is 0 Å². The predicted octanol–water partition coefficient (Wildman–Crippen LogP) is 4.15. The standard InChI is InChI=1S/C16H17FN2O2/c1-11(13-5-3-7-15(17)9-13)18-12(2)14-6-4-8-16(10-14)19(20)21/h3-12,18H,1-2H3. The van der Waals surface area contributed by atoms with Crippen LogP contribution < -0.4 is 5.32 Å². The molecule has 0 radical (unpaired) electrons. The molecule has 4 nitrogen and oxygen atoms in total. The van der Waals surface area contributed by atoms with Gasteiger partial charge in [0.15, 0.2) is 0 Å². The van der Waals surface area contributed by atoms with Crippen LogP contribution in [0.5, 0.6) is 0 Å². The highest BCUT2D eigenvalue weighted by Crippen LogP contribution is 2.22.